The quantitative estimate of drug-likeness (QED) is 0.0285. The number of carbonyl (C=O) groups is 1. The Labute approximate surface area is 400 Å². The van der Waals surface area contributed by atoms with Gasteiger partial charge in [0.1, 0.15) is 6.54 Å². The van der Waals surface area contributed by atoms with Crippen LogP contribution in [-0.2, 0) is 40.6 Å². The van der Waals surface area contributed by atoms with Gasteiger partial charge in [0.25, 0.3) is 20.2 Å². The average molecular weight is 957 g/mol. The lowest BCUT2D eigenvalue weighted by molar-refractivity contribution is -0.438. The van der Waals surface area contributed by atoms with Crippen molar-refractivity contribution in [1.29, 1.82) is 0 Å². The molecular weight excluding hydrogens is 895 g/mol. The zero-order valence-corrected chi connectivity index (χ0v) is 41.2. The highest BCUT2D eigenvalue weighted by Crippen LogP contribution is 2.52. The van der Waals surface area contributed by atoms with E-state index in [0.717, 1.165) is 66.6 Å². The first-order valence-corrected chi connectivity index (χ1v) is 26.7. The van der Waals surface area contributed by atoms with Crippen LogP contribution < -0.4 is 10.6 Å². The maximum absolute atomic E-state index is 13.9. The number of allylic oxidation sites excluding steroid dienone is 8. The Kier molecular flexibility index (Phi) is 13.8. The highest BCUT2D eigenvalue weighted by molar-refractivity contribution is 7.86. The normalized spacial score (nSPS) is 19.2. The van der Waals surface area contributed by atoms with Gasteiger partial charge in [-0.15, -0.1) is 0 Å². The molecule has 1 unspecified atom stereocenters. The molecular formula is C55H62N3O8S2+. The molecule has 13 heteroatoms. The predicted octanol–water partition coefficient (Wildman–Crippen LogP) is 10.9. The van der Waals surface area contributed by atoms with Crippen molar-refractivity contribution in [3.8, 4) is 0 Å². The van der Waals surface area contributed by atoms with Crippen LogP contribution in [0.25, 0.3) is 27.1 Å². The second kappa shape index (κ2) is 19.3. The van der Waals surface area contributed by atoms with Gasteiger partial charge in [-0.25, -0.2) is 0 Å². The van der Waals surface area contributed by atoms with E-state index in [1.807, 2.05) is 55.5 Å². The van der Waals surface area contributed by atoms with Gasteiger partial charge in [0, 0.05) is 53.2 Å². The van der Waals surface area contributed by atoms with Crippen LogP contribution in [0.3, 0.4) is 0 Å². The summed E-state index contributed by atoms with van der Waals surface area (Å²) in [5.74, 6) is -1.39. The van der Waals surface area contributed by atoms with Crippen LogP contribution in [0.1, 0.15) is 89.8 Å². The van der Waals surface area contributed by atoms with Gasteiger partial charge in [0.15, 0.2) is 5.71 Å². The third-order valence-corrected chi connectivity index (χ3v) is 15.5. The summed E-state index contributed by atoms with van der Waals surface area (Å²) in [7, 11) is -8.22. The van der Waals surface area contributed by atoms with Gasteiger partial charge in [-0.2, -0.15) is 21.4 Å². The van der Waals surface area contributed by atoms with Crippen molar-refractivity contribution in [3.05, 3.63) is 155 Å². The standard InChI is InChI=1S/C55H61N3O8S2/c1-6-66-53(59)42-35-40(23-29-48-54(2,3)51-44-17-9-7-15-37(44)21-27-46(51)57(48)31-11-13-33-67(60,61)62)50(39-19-25-43(56)26-20-39)41(36-42)24-30-49-55(4,5)52-45-18-10-8-16-38(45)22-28-47(52)58(49)32-12-14-34-68(63,64)65/h7-10,15-30,42,56H,6,11-14,31-36H2,1-5H3,(H2,60,61,62,63,64,65)/p+1. The van der Waals surface area contributed by atoms with Gasteiger partial charge in [0.2, 0.25) is 5.69 Å². The zero-order valence-electron chi connectivity index (χ0n) is 39.5. The van der Waals surface area contributed by atoms with Crippen molar-refractivity contribution >= 4 is 76.1 Å². The smallest absolute Gasteiger partial charge is 0.309 e. The molecule has 0 aromatic heterocycles. The van der Waals surface area contributed by atoms with E-state index in [4.69, 9.17) is 10.5 Å². The van der Waals surface area contributed by atoms with Crippen LogP contribution in [-0.4, -0.2) is 73.4 Å². The van der Waals surface area contributed by atoms with Gasteiger partial charge in [-0.3, -0.25) is 13.9 Å². The van der Waals surface area contributed by atoms with Crippen molar-refractivity contribution in [2.24, 2.45) is 5.92 Å². The average Bonchev–Trinajstić information content (AvgIpc) is 3.65. The van der Waals surface area contributed by atoms with Crippen LogP contribution in [0.4, 0.5) is 17.1 Å². The van der Waals surface area contributed by atoms with Gasteiger partial charge in [-0.1, -0.05) is 92.7 Å². The maximum atomic E-state index is 13.9. The third kappa shape index (κ3) is 9.99. The fourth-order valence-corrected chi connectivity index (χ4v) is 11.9. The first-order chi connectivity index (χ1) is 32.3. The van der Waals surface area contributed by atoms with Crippen molar-refractivity contribution in [2.75, 3.05) is 41.8 Å². The second-order valence-electron chi connectivity index (χ2n) is 19.2. The lowest BCUT2D eigenvalue weighted by atomic mass is 9.76. The number of esters is 1. The molecule has 2 aliphatic heterocycles. The van der Waals surface area contributed by atoms with Crippen LogP contribution in [0.5, 0.6) is 0 Å². The monoisotopic (exact) mass is 956 g/mol. The summed E-state index contributed by atoms with van der Waals surface area (Å²) in [6.07, 6.45) is 11.1. The summed E-state index contributed by atoms with van der Waals surface area (Å²) >= 11 is 0. The van der Waals surface area contributed by atoms with E-state index in [1.54, 1.807) is 0 Å². The molecule has 2 heterocycles. The fourth-order valence-electron chi connectivity index (χ4n) is 10.8. The number of nitrogen functional groups attached to an aromatic ring is 1. The maximum Gasteiger partial charge on any atom is 0.309 e. The molecule has 8 rings (SSSR count). The molecule has 1 atom stereocenters. The molecule has 3 aliphatic rings. The van der Waals surface area contributed by atoms with Crippen molar-refractivity contribution in [1.82, 2.24) is 0 Å². The third-order valence-electron chi connectivity index (χ3n) is 13.9. The minimum atomic E-state index is -4.11. The van der Waals surface area contributed by atoms with Crippen LogP contribution in [0.15, 0.2) is 138 Å². The Morgan fingerprint density at radius 2 is 1.37 bits per heavy atom. The van der Waals surface area contributed by atoms with Gasteiger partial charge in [0.05, 0.1) is 29.4 Å². The van der Waals surface area contributed by atoms with E-state index in [9.17, 15) is 30.7 Å². The predicted molar refractivity (Wildman–Crippen MR) is 275 cm³/mol. The molecule has 4 N–H and O–H groups in total. The summed E-state index contributed by atoms with van der Waals surface area (Å²) in [5.41, 5.74) is 16.2. The molecule has 11 nitrogen and oxygen atoms in total. The highest BCUT2D eigenvalue weighted by Gasteiger charge is 2.46. The Morgan fingerprint density at radius 1 is 0.750 bits per heavy atom. The Hall–Kier alpha value is -5.86. The molecule has 0 bridgehead atoms. The minimum Gasteiger partial charge on any atom is -0.466 e. The van der Waals surface area contributed by atoms with E-state index < -0.39 is 37.0 Å². The summed E-state index contributed by atoms with van der Waals surface area (Å²) in [4.78, 5) is 16.2. The molecule has 5 aromatic carbocycles. The van der Waals surface area contributed by atoms with Crippen LogP contribution in [0.2, 0.25) is 0 Å². The number of anilines is 2. The molecule has 0 saturated carbocycles. The minimum absolute atomic E-state index is 0.246. The van der Waals surface area contributed by atoms with E-state index in [-0.39, 0.29) is 24.1 Å². The number of hydrogen-bond donors (Lipinski definition) is 3. The van der Waals surface area contributed by atoms with E-state index in [1.165, 1.54) is 11.1 Å². The zero-order chi connectivity index (χ0) is 48.6. The number of nitrogens with zero attached hydrogens (tertiary/aromatic N) is 2. The van der Waals surface area contributed by atoms with Crippen LogP contribution >= 0.6 is 0 Å². The molecule has 0 fully saturated rings. The van der Waals surface area contributed by atoms with Crippen LogP contribution in [0, 0.1) is 5.92 Å². The second-order valence-corrected chi connectivity index (χ2v) is 22.4. The number of hydrogen-bond acceptors (Lipinski definition) is 8. The number of rotatable bonds is 16. The van der Waals surface area contributed by atoms with Crippen molar-refractivity contribution in [3.63, 3.8) is 0 Å². The molecule has 1 aliphatic carbocycles. The Bertz CT molecular complexity index is 3180. The van der Waals surface area contributed by atoms with Crippen molar-refractivity contribution < 1.29 is 40.0 Å². The summed E-state index contributed by atoms with van der Waals surface area (Å²) in [6, 6.07) is 33.0. The Morgan fingerprint density at radius 3 is 2.01 bits per heavy atom. The number of carbonyl (C=O) groups excluding carboxylic acids is 1. The number of nitrogens with two attached hydrogens (primary N) is 1. The molecule has 0 spiro atoms. The largest absolute Gasteiger partial charge is 0.466 e. The molecule has 0 radical (unpaired) electrons. The summed E-state index contributed by atoms with van der Waals surface area (Å²) in [6.45, 7) is 12.0. The number of fused-ring (bicyclic) bond motifs is 6. The summed E-state index contributed by atoms with van der Waals surface area (Å²) in [5, 5.41) is 4.52. The van der Waals surface area contributed by atoms with Crippen molar-refractivity contribution in [2.45, 2.75) is 84.0 Å². The lowest BCUT2D eigenvalue weighted by Crippen LogP contribution is -2.28. The van der Waals surface area contributed by atoms with E-state index >= 15 is 0 Å². The molecule has 68 heavy (non-hydrogen) atoms. The molecule has 0 saturated heterocycles. The lowest BCUT2D eigenvalue weighted by Gasteiger charge is -2.29. The topological polar surface area (TPSA) is 167 Å². The number of ether oxygens (including phenoxy) is 1. The summed E-state index contributed by atoms with van der Waals surface area (Å²) < 4.78 is 74.0. The van der Waals surface area contributed by atoms with Gasteiger partial charge in [-0.05, 0) is 133 Å². The fraction of sp³-hybridized carbons (Fsp3) is 0.345. The number of unbranched alkanes of at least 4 members (excludes halogenated alkanes) is 2. The Balaban J connectivity index is 1.29. The molecule has 356 valence electrons. The first-order valence-electron chi connectivity index (χ1n) is 23.5. The highest BCUT2D eigenvalue weighted by atomic mass is 32.2. The molecule has 0 amide bonds. The van der Waals surface area contributed by atoms with Gasteiger partial charge >= 0.3 is 5.97 Å². The first kappa shape index (κ1) is 48.6. The van der Waals surface area contributed by atoms with E-state index in [0.29, 0.717) is 57.3 Å². The van der Waals surface area contributed by atoms with E-state index in [2.05, 4.69) is 110 Å². The SMILES string of the molecule is CCOC(=O)C1CC(=CC=C2N(CCCCS(=O)(=O)O)c3ccc4ccccc4c3C2(C)C)C(c2ccc(N)cc2)=C(C=CC2=[N+](CCCCS(=O)(=O)O)c3ccc4ccccc4c3C2(C)C)C1. The van der Waals surface area contributed by atoms with Gasteiger partial charge < -0.3 is 15.4 Å². The number of benzene rings is 5. The molecule has 5 aromatic rings.